The number of rotatable bonds is 10. The minimum absolute atomic E-state index is 0.0587. The van der Waals surface area contributed by atoms with Crippen LogP contribution in [0.3, 0.4) is 0 Å². The Bertz CT molecular complexity index is 766. The molecular weight excluding hydrogens is 398 g/mol. The van der Waals surface area contributed by atoms with Gasteiger partial charge in [-0.25, -0.2) is 9.78 Å². The number of alkyl carbamates (subject to hydrolysis) is 1. The molecule has 0 fully saturated rings. The molecule has 0 aliphatic rings. The van der Waals surface area contributed by atoms with Crippen LogP contribution in [0.25, 0.3) is 0 Å². The second-order valence-corrected chi connectivity index (χ2v) is 9.09. The Morgan fingerprint density at radius 2 is 1.77 bits per heavy atom. The second kappa shape index (κ2) is 11.6. The summed E-state index contributed by atoms with van der Waals surface area (Å²) in [5.41, 5.74) is 5.71. The molecule has 0 saturated heterocycles. The van der Waals surface area contributed by atoms with Crippen molar-refractivity contribution in [3.05, 3.63) is 17.2 Å². The van der Waals surface area contributed by atoms with E-state index in [-0.39, 0.29) is 17.9 Å². The van der Waals surface area contributed by atoms with Gasteiger partial charge in [0.15, 0.2) is 5.96 Å². The van der Waals surface area contributed by atoms with Gasteiger partial charge in [0.1, 0.15) is 17.1 Å². The Labute approximate surface area is 185 Å². The monoisotopic (exact) mass is 437 g/mol. The number of carbonyl (C=O) groups is 2. The van der Waals surface area contributed by atoms with E-state index in [4.69, 9.17) is 15.9 Å². The van der Waals surface area contributed by atoms with Crippen LogP contribution < -0.4 is 21.7 Å². The summed E-state index contributed by atoms with van der Waals surface area (Å²) in [6.45, 7) is 12.5. The fourth-order valence-corrected chi connectivity index (χ4v) is 3.04. The average Bonchev–Trinajstić information content (AvgIpc) is 2.90. The number of nitrogens with zero attached hydrogens (tertiary/aromatic N) is 2. The van der Waals surface area contributed by atoms with Crippen LogP contribution in [0.15, 0.2) is 0 Å². The van der Waals surface area contributed by atoms with Crippen LogP contribution in [0.2, 0.25) is 0 Å². The molecule has 31 heavy (non-hydrogen) atoms. The van der Waals surface area contributed by atoms with Gasteiger partial charge in [0.25, 0.3) is 5.91 Å². The molecule has 0 radical (unpaired) electrons. The van der Waals surface area contributed by atoms with Gasteiger partial charge in [0.2, 0.25) is 0 Å². The summed E-state index contributed by atoms with van der Waals surface area (Å²) in [6, 6.07) is -0.377. The summed E-state index contributed by atoms with van der Waals surface area (Å²) in [7, 11) is 1.84. The maximum absolute atomic E-state index is 12.7. The van der Waals surface area contributed by atoms with Crippen LogP contribution in [-0.4, -0.2) is 46.2 Å². The van der Waals surface area contributed by atoms with E-state index in [0.717, 1.165) is 18.5 Å². The molecule has 0 bridgehead atoms. The van der Waals surface area contributed by atoms with Crippen molar-refractivity contribution in [2.45, 2.75) is 72.4 Å². The molecule has 0 unspecified atom stereocenters. The lowest BCUT2D eigenvalue weighted by Crippen LogP contribution is -2.36. The van der Waals surface area contributed by atoms with E-state index in [1.54, 1.807) is 0 Å². The summed E-state index contributed by atoms with van der Waals surface area (Å²) in [5.74, 6) is 0.613. The van der Waals surface area contributed by atoms with Crippen molar-refractivity contribution in [2.75, 3.05) is 13.1 Å². The zero-order chi connectivity index (χ0) is 23.8. The Kier molecular flexibility index (Phi) is 9.80. The molecule has 0 spiro atoms. The lowest BCUT2D eigenvalue weighted by atomic mass is 10.0. The van der Waals surface area contributed by atoms with Crippen molar-refractivity contribution < 1.29 is 14.3 Å². The zero-order valence-corrected chi connectivity index (χ0v) is 19.9. The molecule has 1 rings (SSSR count). The first-order chi connectivity index (χ1) is 14.3. The maximum Gasteiger partial charge on any atom is 0.408 e. The number of guanidine groups is 1. The van der Waals surface area contributed by atoms with Crippen LogP contribution in [0, 0.1) is 18.3 Å². The third-order valence-electron chi connectivity index (χ3n) is 4.55. The summed E-state index contributed by atoms with van der Waals surface area (Å²) in [6.07, 6.45) is 1.68. The molecule has 0 aliphatic heterocycles. The third kappa shape index (κ3) is 9.27. The Hall–Kier alpha value is -2.78. The second-order valence-electron chi connectivity index (χ2n) is 9.09. The van der Waals surface area contributed by atoms with Gasteiger partial charge in [-0.15, -0.1) is 0 Å². The molecule has 176 valence electrons. The number of nitrogens with one attached hydrogen (secondary N) is 4. The molecule has 1 heterocycles. The quantitative estimate of drug-likeness (QED) is 0.216. The average molecular weight is 438 g/mol. The van der Waals surface area contributed by atoms with Crippen LogP contribution in [0.1, 0.15) is 81.9 Å². The highest BCUT2D eigenvalue weighted by Crippen LogP contribution is 2.23. The van der Waals surface area contributed by atoms with E-state index in [1.165, 1.54) is 0 Å². The number of unbranched alkanes of at least 4 members (excludes halogenated alkanes) is 1. The van der Waals surface area contributed by atoms with E-state index in [9.17, 15) is 9.59 Å². The number of hydrogen-bond acceptors (Lipinski definition) is 5. The summed E-state index contributed by atoms with van der Waals surface area (Å²) in [4.78, 5) is 29.6. The van der Waals surface area contributed by atoms with Gasteiger partial charge in [-0.1, -0.05) is 13.8 Å². The minimum Gasteiger partial charge on any atom is -0.444 e. The van der Waals surface area contributed by atoms with E-state index in [0.29, 0.717) is 36.9 Å². The molecule has 0 aliphatic carbocycles. The van der Waals surface area contributed by atoms with Crippen LogP contribution >= 0.6 is 0 Å². The molecule has 1 atom stereocenters. The fraction of sp³-hybridized carbons (Fsp3) is 0.714. The lowest BCUT2D eigenvalue weighted by Gasteiger charge is -2.24. The van der Waals surface area contributed by atoms with E-state index in [1.807, 2.05) is 39.3 Å². The van der Waals surface area contributed by atoms with E-state index >= 15 is 0 Å². The molecule has 6 N–H and O–H groups in total. The number of nitrogens with two attached hydrogens (primary N) is 1. The summed E-state index contributed by atoms with van der Waals surface area (Å²) >= 11 is 0. The largest absolute Gasteiger partial charge is 0.444 e. The number of amides is 2. The highest BCUT2D eigenvalue weighted by molar-refractivity contribution is 5.93. The normalized spacial score (nSPS) is 12.4. The van der Waals surface area contributed by atoms with Gasteiger partial charge < -0.3 is 31.0 Å². The van der Waals surface area contributed by atoms with Gasteiger partial charge in [0.05, 0.1) is 6.04 Å². The lowest BCUT2D eigenvalue weighted by molar-refractivity contribution is 0.0494. The van der Waals surface area contributed by atoms with Crippen LogP contribution in [-0.2, 0) is 11.8 Å². The van der Waals surface area contributed by atoms with Gasteiger partial charge in [-0.3, -0.25) is 10.2 Å². The highest BCUT2D eigenvalue weighted by Gasteiger charge is 2.27. The molecule has 10 heteroatoms. The summed E-state index contributed by atoms with van der Waals surface area (Å²) in [5, 5.41) is 15.6. The van der Waals surface area contributed by atoms with Crippen LogP contribution in [0.5, 0.6) is 0 Å². The van der Waals surface area contributed by atoms with Gasteiger partial charge in [-0.05, 0) is 52.9 Å². The van der Waals surface area contributed by atoms with Crippen molar-refractivity contribution in [1.29, 1.82) is 5.41 Å². The van der Waals surface area contributed by atoms with Gasteiger partial charge >= 0.3 is 6.09 Å². The molecule has 1 aromatic rings. The topological polar surface area (TPSA) is 147 Å². The first-order valence-corrected chi connectivity index (χ1v) is 10.7. The van der Waals surface area contributed by atoms with Crippen LogP contribution in [0.4, 0.5) is 4.79 Å². The smallest absolute Gasteiger partial charge is 0.408 e. The number of imidazole rings is 1. The third-order valence-corrected chi connectivity index (χ3v) is 4.55. The zero-order valence-electron chi connectivity index (χ0n) is 19.9. The van der Waals surface area contributed by atoms with Gasteiger partial charge in [0, 0.05) is 25.8 Å². The number of carbonyl (C=O) groups excluding carboxylic acids is 2. The molecule has 10 nitrogen and oxygen atoms in total. The standard InChI is InChI=1S/C21H39N7O3/c1-13(2)12-15(26-20(30)31-21(4,5)6)17-27-16(14(3)28(17)7)18(29)24-10-8-9-11-25-19(22)23/h13,15H,8-12H2,1-7H3,(H,24,29)(H,26,30)(H4,22,23,25)/t15-/m0/s1. The molecule has 2 amide bonds. The van der Waals surface area contributed by atoms with Crippen molar-refractivity contribution in [1.82, 2.24) is 25.5 Å². The van der Waals surface area contributed by atoms with Crippen molar-refractivity contribution in [3.8, 4) is 0 Å². The molecule has 0 aromatic carbocycles. The minimum atomic E-state index is -0.602. The molecule has 1 aromatic heterocycles. The summed E-state index contributed by atoms with van der Waals surface area (Å²) < 4.78 is 7.25. The van der Waals surface area contributed by atoms with Crippen molar-refractivity contribution in [3.63, 3.8) is 0 Å². The first-order valence-electron chi connectivity index (χ1n) is 10.7. The Balaban J connectivity index is 2.86. The Morgan fingerprint density at radius 3 is 2.29 bits per heavy atom. The predicted molar refractivity (Wildman–Crippen MR) is 121 cm³/mol. The van der Waals surface area contributed by atoms with E-state index < -0.39 is 11.7 Å². The van der Waals surface area contributed by atoms with Gasteiger partial charge in [-0.2, -0.15) is 0 Å². The number of ether oxygens (including phenoxy) is 1. The fourth-order valence-electron chi connectivity index (χ4n) is 3.04. The molecule has 0 saturated carbocycles. The van der Waals surface area contributed by atoms with Crippen molar-refractivity contribution in [2.24, 2.45) is 18.7 Å². The Morgan fingerprint density at radius 1 is 1.19 bits per heavy atom. The number of aromatic nitrogens is 2. The highest BCUT2D eigenvalue weighted by atomic mass is 16.6. The van der Waals surface area contributed by atoms with E-state index in [2.05, 4.69) is 34.8 Å². The first kappa shape index (κ1) is 26.3. The molecular formula is C21H39N7O3. The SMILES string of the molecule is Cc1c(C(=O)NCCCCNC(=N)N)nc([C@H](CC(C)C)NC(=O)OC(C)(C)C)n1C. The number of hydrogen-bond donors (Lipinski definition) is 5. The maximum atomic E-state index is 12.7. The predicted octanol–water partition coefficient (Wildman–Crippen LogP) is 2.33. The van der Waals surface area contributed by atoms with Crippen molar-refractivity contribution >= 4 is 18.0 Å².